The summed E-state index contributed by atoms with van der Waals surface area (Å²) in [5.41, 5.74) is 3.54. The lowest BCUT2D eigenvalue weighted by Crippen LogP contribution is -2.14. The Morgan fingerprint density at radius 1 is 1.22 bits per heavy atom. The van der Waals surface area contributed by atoms with E-state index in [1.165, 1.54) is 12.1 Å². The number of carbonyl (C=O) groups excluding carboxylic acids is 1. The molecule has 7 heteroatoms. The maximum absolute atomic E-state index is 13.1. The van der Waals surface area contributed by atoms with E-state index in [9.17, 15) is 9.18 Å². The number of hydrogen-bond donors (Lipinski definition) is 1. The normalized spacial score (nSPS) is 10.9. The highest BCUT2D eigenvalue weighted by Gasteiger charge is 2.17. The minimum atomic E-state index is -0.275. The standard InChI is InChI=1S/C20H19ClFN3OS/c1-12-19(23-20(26)17-10-16(27-3)8-9-18(17)21)13(2)25(24-12)11-14-4-6-15(22)7-5-14/h4-10H,11H2,1-3H3,(H,23,26). The lowest BCUT2D eigenvalue weighted by Gasteiger charge is -2.09. The van der Waals surface area contributed by atoms with Crippen molar-refractivity contribution in [2.45, 2.75) is 25.3 Å². The van der Waals surface area contributed by atoms with Crippen LogP contribution in [0.1, 0.15) is 27.3 Å². The average Bonchev–Trinajstić information content (AvgIpc) is 2.91. The van der Waals surface area contributed by atoms with Gasteiger partial charge in [0.1, 0.15) is 5.82 Å². The van der Waals surface area contributed by atoms with Crippen LogP contribution in [-0.2, 0) is 6.54 Å². The third-order valence-corrected chi connectivity index (χ3v) is 5.34. The van der Waals surface area contributed by atoms with E-state index in [1.807, 2.05) is 26.2 Å². The van der Waals surface area contributed by atoms with E-state index in [0.717, 1.165) is 16.2 Å². The molecule has 0 aliphatic carbocycles. The van der Waals surface area contributed by atoms with Gasteiger partial charge in [-0.3, -0.25) is 9.48 Å². The summed E-state index contributed by atoms with van der Waals surface area (Å²) in [6.07, 6.45) is 1.94. The molecule has 1 amide bonds. The predicted molar refractivity (Wildman–Crippen MR) is 108 cm³/mol. The summed E-state index contributed by atoms with van der Waals surface area (Å²) in [4.78, 5) is 13.7. The number of aryl methyl sites for hydroxylation is 1. The molecule has 3 aromatic rings. The molecule has 0 unspecified atom stereocenters. The highest BCUT2D eigenvalue weighted by molar-refractivity contribution is 7.98. The number of nitrogens with one attached hydrogen (secondary N) is 1. The summed E-state index contributed by atoms with van der Waals surface area (Å²) >= 11 is 7.74. The van der Waals surface area contributed by atoms with Crippen molar-refractivity contribution in [3.63, 3.8) is 0 Å². The number of amides is 1. The molecule has 3 rings (SSSR count). The number of nitrogens with zero attached hydrogens (tertiary/aromatic N) is 2. The molecule has 0 fully saturated rings. The number of hydrogen-bond acceptors (Lipinski definition) is 3. The van der Waals surface area contributed by atoms with Crippen molar-refractivity contribution in [2.24, 2.45) is 0 Å². The summed E-state index contributed by atoms with van der Waals surface area (Å²) < 4.78 is 14.9. The molecule has 0 aliphatic rings. The third-order valence-electron chi connectivity index (χ3n) is 4.28. The fourth-order valence-electron chi connectivity index (χ4n) is 2.78. The zero-order chi connectivity index (χ0) is 19.6. The molecule has 0 bridgehead atoms. The first-order valence-corrected chi connectivity index (χ1v) is 9.92. The van der Waals surface area contributed by atoms with Gasteiger partial charge in [-0.15, -0.1) is 11.8 Å². The first kappa shape index (κ1) is 19.5. The summed E-state index contributed by atoms with van der Waals surface area (Å²) in [5, 5.41) is 7.83. The van der Waals surface area contributed by atoms with Crippen LogP contribution in [0.5, 0.6) is 0 Å². The van der Waals surface area contributed by atoms with E-state index in [0.29, 0.717) is 28.5 Å². The fourth-order valence-corrected chi connectivity index (χ4v) is 3.42. The number of rotatable bonds is 5. The molecule has 0 saturated heterocycles. The van der Waals surface area contributed by atoms with Crippen molar-refractivity contribution in [3.05, 3.63) is 75.8 Å². The second-order valence-electron chi connectivity index (χ2n) is 6.13. The van der Waals surface area contributed by atoms with Crippen LogP contribution in [0.2, 0.25) is 5.02 Å². The Bertz CT molecular complexity index is 986. The number of thioether (sulfide) groups is 1. The van der Waals surface area contributed by atoms with Crippen LogP contribution in [0.4, 0.5) is 10.1 Å². The van der Waals surface area contributed by atoms with E-state index in [1.54, 1.807) is 40.7 Å². The van der Waals surface area contributed by atoms with E-state index < -0.39 is 0 Å². The Balaban J connectivity index is 1.84. The quantitative estimate of drug-likeness (QED) is 0.587. The van der Waals surface area contributed by atoms with Gasteiger partial charge in [0.05, 0.1) is 34.2 Å². The van der Waals surface area contributed by atoms with Crippen molar-refractivity contribution in [3.8, 4) is 0 Å². The molecule has 1 heterocycles. The molecular formula is C20H19ClFN3OS. The Hall–Kier alpha value is -2.31. The molecule has 0 aliphatic heterocycles. The van der Waals surface area contributed by atoms with Gasteiger partial charge >= 0.3 is 0 Å². The van der Waals surface area contributed by atoms with Gasteiger partial charge in [0.2, 0.25) is 0 Å². The highest BCUT2D eigenvalue weighted by atomic mass is 35.5. The number of benzene rings is 2. The van der Waals surface area contributed by atoms with Crippen LogP contribution in [0, 0.1) is 19.7 Å². The Morgan fingerprint density at radius 2 is 1.93 bits per heavy atom. The number of carbonyl (C=O) groups is 1. The maximum Gasteiger partial charge on any atom is 0.257 e. The molecular weight excluding hydrogens is 385 g/mol. The van der Waals surface area contributed by atoms with E-state index in [-0.39, 0.29) is 11.7 Å². The third kappa shape index (κ3) is 4.34. The molecule has 27 heavy (non-hydrogen) atoms. The van der Waals surface area contributed by atoms with Gasteiger partial charge in [-0.05, 0) is 56.0 Å². The number of aromatic nitrogens is 2. The molecule has 4 nitrogen and oxygen atoms in total. The summed E-state index contributed by atoms with van der Waals surface area (Å²) in [7, 11) is 0. The molecule has 0 spiro atoms. The monoisotopic (exact) mass is 403 g/mol. The topological polar surface area (TPSA) is 46.9 Å². The Morgan fingerprint density at radius 3 is 2.59 bits per heavy atom. The van der Waals surface area contributed by atoms with Crippen molar-refractivity contribution in [1.82, 2.24) is 9.78 Å². The smallest absolute Gasteiger partial charge is 0.257 e. The Kier molecular flexibility index (Phi) is 5.87. The molecule has 140 valence electrons. The predicted octanol–water partition coefficient (Wildman–Crippen LogP) is 5.31. The van der Waals surface area contributed by atoms with Crippen LogP contribution < -0.4 is 5.32 Å². The van der Waals surface area contributed by atoms with Gasteiger partial charge in [0.15, 0.2) is 0 Å². The van der Waals surface area contributed by atoms with Gasteiger partial charge < -0.3 is 5.32 Å². The van der Waals surface area contributed by atoms with Crippen LogP contribution >= 0.6 is 23.4 Å². The van der Waals surface area contributed by atoms with Gasteiger partial charge in [0.25, 0.3) is 5.91 Å². The molecule has 1 aromatic heterocycles. The maximum atomic E-state index is 13.1. The van der Waals surface area contributed by atoms with E-state index >= 15 is 0 Å². The molecule has 0 atom stereocenters. The number of anilines is 1. The lowest BCUT2D eigenvalue weighted by molar-refractivity contribution is 0.102. The van der Waals surface area contributed by atoms with Crippen molar-refractivity contribution in [1.29, 1.82) is 0 Å². The van der Waals surface area contributed by atoms with Gasteiger partial charge in [-0.1, -0.05) is 23.7 Å². The van der Waals surface area contributed by atoms with E-state index in [2.05, 4.69) is 10.4 Å². The first-order chi connectivity index (χ1) is 12.9. The summed E-state index contributed by atoms with van der Waals surface area (Å²) in [6.45, 7) is 4.22. The average molecular weight is 404 g/mol. The molecule has 2 aromatic carbocycles. The second kappa shape index (κ2) is 8.15. The van der Waals surface area contributed by atoms with E-state index in [4.69, 9.17) is 11.6 Å². The van der Waals surface area contributed by atoms with Crippen molar-refractivity contribution >= 4 is 35.0 Å². The van der Waals surface area contributed by atoms with Crippen LogP contribution in [0.25, 0.3) is 0 Å². The second-order valence-corrected chi connectivity index (χ2v) is 7.42. The minimum Gasteiger partial charge on any atom is -0.319 e. The van der Waals surface area contributed by atoms with Crippen LogP contribution in [0.15, 0.2) is 47.4 Å². The fraction of sp³-hybridized carbons (Fsp3) is 0.200. The lowest BCUT2D eigenvalue weighted by atomic mass is 10.2. The van der Waals surface area contributed by atoms with Crippen molar-refractivity contribution in [2.75, 3.05) is 11.6 Å². The zero-order valence-corrected chi connectivity index (χ0v) is 16.8. The molecule has 1 N–H and O–H groups in total. The minimum absolute atomic E-state index is 0.274. The first-order valence-electron chi connectivity index (χ1n) is 8.32. The summed E-state index contributed by atoms with van der Waals surface area (Å²) in [5.74, 6) is -0.548. The van der Waals surface area contributed by atoms with Crippen LogP contribution in [0.3, 0.4) is 0 Å². The van der Waals surface area contributed by atoms with Crippen molar-refractivity contribution < 1.29 is 9.18 Å². The SMILES string of the molecule is CSc1ccc(Cl)c(C(=O)Nc2c(C)nn(Cc3ccc(F)cc3)c2C)c1. The molecule has 0 radical (unpaired) electrons. The van der Waals surface area contributed by atoms with Crippen LogP contribution in [-0.4, -0.2) is 21.9 Å². The van der Waals surface area contributed by atoms with Gasteiger partial charge in [0, 0.05) is 4.90 Å². The number of halogens is 2. The summed E-state index contributed by atoms with van der Waals surface area (Å²) in [6, 6.07) is 11.7. The van der Waals surface area contributed by atoms with Gasteiger partial charge in [-0.2, -0.15) is 5.10 Å². The molecule has 0 saturated carbocycles. The zero-order valence-electron chi connectivity index (χ0n) is 15.2. The van der Waals surface area contributed by atoms with Gasteiger partial charge in [-0.25, -0.2) is 4.39 Å². The Labute approximate surface area is 166 Å². The highest BCUT2D eigenvalue weighted by Crippen LogP contribution is 2.26. The largest absolute Gasteiger partial charge is 0.319 e.